The summed E-state index contributed by atoms with van der Waals surface area (Å²) >= 11 is 0. The third-order valence-electron chi connectivity index (χ3n) is 3.75. The first-order valence-corrected chi connectivity index (χ1v) is 7.94. The van der Waals surface area contributed by atoms with E-state index in [1.54, 1.807) is 0 Å². The van der Waals surface area contributed by atoms with Gasteiger partial charge in [0.05, 0.1) is 5.71 Å². The van der Waals surface area contributed by atoms with E-state index in [0.717, 1.165) is 17.7 Å². The third kappa shape index (κ3) is 4.52. The van der Waals surface area contributed by atoms with Crippen LogP contribution in [0.5, 0.6) is 0 Å². The summed E-state index contributed by atoms with van der Waals surface area (Å²) in [5, 5.41) is 4.28. The van der Waals surface area contributed by atoms with Crippen LogP contribution in [0.15, 0.2) is 59.7 Å². The van der Waals surface area contributed by atoms with E-state index < -0.39 is 0 Å². The average molecular weight is 308 g/mol. The predicted molar refractivity (Wildman–Crippen MR) is 95.9 cm³/mol. The van der Waals surface area contributed by atoms with Crippen LogP contribution in [0.4, 0.5) is 0 Å². The second kappa shape index (κ2) is 7.23. The van der Waals surface area contributed by atoms with Gasteiger partial charge in [0.2, 0.25) is 0 Å². The Hall–Kier alpha value is -2.42. The summed E-state index contributed by atoms with van der Waals surface area (Å²) in [6.07, 6.45) is 0.757. The highest BCUT2D eigenvalue weighted by atomic mass is 16.2. The molecule has 0 fully saturated rings. The van der Waals surface area contributed by atoms with Crippen LogP contribution in [0.1, 0.15) is 55.6 Å². The summed E-state index contributed by atoms with van der Waals surface area (Å²) in [6.45, 7) is 8.48. The molecule has 1 amide bonds. The van der Waals surface area contributed by atoms with Gasteiger partial charge in [-0.3, -0.25) is 4.79 Å². The molecule has 0 aliphatic rings. The normalized spacial score (nSPS) is 12.1. The summed E-state index contributed by atoms with van der Waals surface area (Å²) in [5.74, 6) is -0.188. The van der Waals surface area contributed by atoms with E-state index in [2.05, 4.69) is 31.3 Å². The van der Waals surface area contributed by atoms with Crippen molar-refractivity contribution >= 4 is 11.6 Å². The van der Waals surface area contributed by atoms with Gasteiger partial charge in [-0.25, -0.2) is 5.43 Å². The minimum atomic E-state index is -0.188. The molecule has 120 valence electrons. The van der Waals surface area contributed by atoms with E-state index in [0.29, 0.717) is 5.56 Å². The Labute approximate surface area is 138 Å². The van der Waals surface area contributed by atoms with Gasteiger partial charge in [-0.2, -0.15) is 5.10 Å². The zero-order valence-electron chi connectivity index (χ0n) is 14.3. The van der Waals surface area contributed by atoms with Gasteiger partial charge in [0.15, 0.2) is 0 Å². The molecule has 23 heavy (non-hydrogen) atoms. The topological polar surface area (TPSA) is 41.5 Å². The van der Waals surface area contributed by atoms with Crippen molar-refractivity contribution in [1.82, 2.24) is 5.43 Å². The Morgan fingerprint density at radius 1 is 0.957 bits per heavy atom. The number of hydrazone groups is 1. The van der Waals surface area contributed by atoms with Crippen molar-refractivity contribution in [2.45, 2.75) is 39.5 Å². The number of rotatable bonds is 4. The maximum Gasteiger partial charge on any atom is 0.271 e. The van der Waals surface area contributed by atoms with Crippen LogP contribution in [-0.2, 0) is 5.41 Å². The minimum Gasteiger partial charge on any atom is -0.267 e. The number of benzene rings is 2. The number of hydrogen-bond donors (Lipinski definition) is 1. The van der Waals surface area contributed by atoms with Crippen LogP contribution in [0, 0.1) is 0 Å². The standard InChI is InChI=1S/C20H24N2O/c1-5-18(15-9-7-6-8-10-15)21-22-19(23)16-11-13-17(14-12-16)20(2,3)4/h6-14H,5H2,1-4H3,(H,22,23)/b21-18+. The molecule has 0 spiro atoms. The van der Waals surface area contributed by atoms with Gasteiger partial charge in [0.25, 0.3) is 5.91 Å². The molecular weight excluding hydrogens is 284 g/mol. The molecule has 2 rings (SSSR count). The Morgan fingerprint density at radius 2 is 1.57 bits per heavy atom. The van der Waals surface area contributed by atoms with Gasteiger partial charge >= 0.3 is 0 Å². The Kier molecular flexibility index (Phi) is 5.32. The summed E-state index contributed by atoms with van der Waals surface area (Å²) in [4.78, 5) is 12.2. The molecule has 0 atom stereocenters. The Balaban J connectivity index is 2.11. The Bertz CT molecular complexity index is 680. The van der Waals surface area contributed by atoms with E-state index >= 15 is 0 Å². The minimum absolute atomic E-state index is 0.0792. The van der Waals surface area contributed by atoms with E-state index in [9.17, 15) is 4.79 Å². The van der Waals surface area contributed by atoms with E-state index in [4.69, 9.17) is 0 Å². The van der Waals surface area contributed by atoms with Crippen LogP contribution < -0.4 is 5.43 Å². The number of amides is 1. The van der Waals surface area contributed by atoms with E-state index in [1.807, 2.05) is 61.5 Å². The van der Waals surface area contributed by atoms with E-state index in [-0.39, 0.29) is 11.3 Å². The van der Waals surface area contributed by atoms with Crippen molar-refractivity contribution in [2.75, 3.05) is 0 Å². The lowest BCUT2D eigenvalue weighted by atomic mass is 9.87. The number of nitrogens with zero attached hydrogens (tertiary/aromatic N) is 1. The van der Waals surface area contributed by atoms with Crippen LogP contribution in [-0.4, -0.2) is 11.6 Å². The second-order valence-corrected chi connectivity index (χ2v) is 6.55. The molecule has 0 unspecified atom stereocenters. The molecule has 0 heterocycles. The molecule has 3 nitrogen and oxygen atoms in total. The average Bonchev–Trinajstić information content (AvgIpc) is 2.55. The zero-order chi connectivity index (χ0) is 16.9. The summed E-state index contributed by atoms with van der Waals surface area (Å²) in [6, 6.07) is 17.6. The van der Waals surface area contributed by atoms with Crippen LogP contribution in [0.2, 0.25) is 0 Å². The lowest BCUT2D eigenvalue weighted by Crippen LogP contribution is -2.20. The first kappa shape index (κ1) is 16.9. The number of carbonyl (C=O) groups excluding carboxylic acids is 1. The first-order chi connectivity index (χ1) is 10.9. The maximum absolute atomic E-state index is 12.2. The number of carbonyl (C=O) groups is 1. The van der Waals surface area contributed by atoms with Crippen molar-refractivity contribution < 1.29 is 4.79 Å². The van der Waals surface area contributed by atoms with Crippen LogP contribution >= 0.6 is 0 Å². The fourth-order valence-corrected chi connectivity index (χ4v) is 2.28. The predicted octanol–water partition coefficient (Wildman–Crippen LogP) is 4.53. The lowest BCUT2D eigenvalue weighted by molar-refractivity contribution is 0.0954. The van der Waals surface area contributed by atoms with Crippen molar-refractivity contribution in [3.63, 3.8) is 0 Å². The summed E-state index contributed by atoms with van der Waals surface area (Å²) < 4.78 is 0. The first-order valence-electron chi connectivity index (χ1n) is 7.94. The van der Waals surface area contributed by atoms with Gasteiger partial charge in [-0.1, -0.05) is 70.2 Å². The highest BCUT2D eigenvalue weighted by Crippen LogP contribution is 2.22. The molecule has 0 aromatic heterocycles. The van der Waals surface area contributed by atoms with Gasteiger partial charge in [0.1, 0.15) is 0 Å². The molecule has 0 saturated heterocycles. The van der Waals surface area contributed by atoms with Crippen molar-refractivity contribution in [3.8, 4) is 0 Å². The van der Waals surface area contributed by atoms with Crippen LogP contribution in [0.25, 0.3) is 0 Å². The molecular formula is C20H24N2O. The van der Waals surface area contributed by atoms with Crippen molar-refractivity contribution in [3.05, 3.63) is 71.3 Å². The monoisotopic (exact) mass is 308 g/mol. The van der Waals surface area contributed by atoms with Crippen molar-refractivity contribution in [2.24, 2.45) is 5.10 Å². The Morgan fingerprint density at radius 3 is 2.09 bits per heavy atom. The molecule has 0 aliphatic carbocycles. The third-order valence-corrected chi connectivity index (χ3v) is 3.75. The van der Waals surface area contributed by atoms with Gasteiger partial charge in [-0.15, -0.1) is 0 Å². The smallest absolute Gasteiger partial charge is 0.267 e. The van der Waals surface area contributed by atoms with Crippen LogP contribution in [0.3, 0.4) is 0 Å². The summed E-state index contributed by atoms with van der Waals surface area (Å²) in [7, 11) is 0. The highest BCUT2D eigenvalue weighted by molar-refractivity contribution is 6.02. The maximum atomic E-state index is 12.2. The highest BCUT2D eigenvalue weighted by Gasteiger charge is 2.14. The molecule has 1 N–H and O–H groups in total. The molecule has 3 heteroatoms. The van der Waals surface area contributed by atoms with Gasteiger partial charge < -0.3 is 0 Å². The summed E-state index contributed by atoms with van der Waals surface area (Å²) in [5.41, 5.74) is 6.45. The SMILES string of the molecule is CC/C(=N\NC(=O)c1ccc(C(C)(C)C)cc1)c1ccccc1. The molecule has 2 aromatic carbocycles. The van der Waals surface area contributed by atoms with Crippen molar-refractivity contribution in [1.29, 1.82) is 0 Å². The largest absolute Gasteiger partial charge is 0.271 e. The quantitative estimate of drug-likeness (QED) is 0.654. The van der Waals surface area contributed by atoms with E-state index in [1.165, 1.54) is 5.56 Å². The lowest BCUT2D eigenvalue weighted by Gasteiger charge is -2.18. The number of nitrogens with one attached hydrogen (secondary N) is 1. The molecule has 0 aliphatic heterocycles. The molecule has 0 saturated carbocycles. The molecule has 0 radical (unpaired) electrons. The van der Waals surface area contributed by atoms with Gasteiger partial charge in [0, 0.05) is 5.56 Å². The fraction of sp³-hybridized carbons (Fsp3) is 0.300. The van der Waals surface area contributed by atoms with Gasteiger partial charge in [-0.05, 0) is 35.1 Å². The fourth-order valence-electron chi connectivity index (χ4n) is 2.28. The zero-order valence-corrected chi connectivity index (χ0v) is 14.3. The second-order valence-electron chi connectivity index (χ2n) is 6.55. The number of hydrogen-bond acceptors (Lipinski definition) is 2. The molecule has 0 bridgehead atoms. The molecule has 2 aromatic rings.